The Morgan fingerprint density at radius 1 is 1.45 bits per heavy atom. The first-order valence-electron chi connectivity index (χ1n) is 3.92. The summed E-state index contributed by atoms with van der Waals surface area (Å²) in [6.07, 6.45) is 5.43. The second-order valence-corrected chi connectivity index (χ2v) is 2.77. The van der Waals surface area contributed by atoms with Gasteiger partial charge in [-0.15, -0.1) is 0 Å². The van der Waals surface area contributed by atoms with Gasteiger partial charge >= 0.3 is 0 Å². The van der Waals surface area contributed by atoms with Crippen LogP contribution in [0.4, 0.5) is 5.95 Å². The summed E-state index contributed by atoms with van der Waals surface area (Å²) in [6.45, 7) is 0. The van der Waals surface area contributed by atoms with Gasteiger partial charge in [0.25, 0.3) is 0 Å². The zero-order chi connectivity index (χ0) is 7.68. The van der Waals surface area contributed by atoms with Crippen molar-refractivity contribution in [3.05, 3.63) is 17.5 Å². The molecule has 1 aliphatic carbocycles. The third kappa shape index (κ3) is 1.06. The van der Waals surface area contributed by atoms with Crippen LogP contribution >= 0.6 is 0 Å². The summed E-state index contributed by atoms with van der Waals surface area (Å²) < 4.78 is 0. The van der Waals surface area contributed by atoms with Gasteiger partial charge in [0.15, 0.2) is 0 Å². The van der Waals surface area contributed by atoms with Gasteiger partial charge in [-0.2, -0.15) is 0 Å². The maximum Gasteiger partial charge on any atom is 0.222 e. The first-order chi connectivity index (χ1) is 5.40. The minimum atomic E-state index is 0.741. The number of hydrogen-bond acceptors (Lipinski definition) is 3. The number of nitrogens with zero attached hydrogens (tertiary/aromatic N) is 2. The Morgan fingerprint density at radius 3 is 3.18 bits per heavy atom. The van der Waals surface area contributed by atoms with Crippen molar-refractivity contribution < 1.29 is 0 Å². The van der Waals surface area contributed by atoms with Crippen molar-refractivity contribution in [2.24, 2.45) is 0 Å². The first kappa shape index (κ1) is 6.58. The van der Waals surface area contributed by atoms with E-state index in [0.29, 0.717) is 0 Å². The second-order valence-electron chi connectivity index (χ2n) is 2.77. The van der Waals surface area contributed by atoms with Crippen LogP contribution in [-0.2, 0) is 12.8 Å². The van der Waals surface area contributed by atoms with Gasteiger partial charge in [-0.05, 0) is 24.8 Å². The van der Waals surface area contributed by atoms with E-state index in [0.717, 1.165) is 18.8 Å². The average Bonchev–Trinajstić information content (AvgIpc) is 2.50. The fourth-order valence-electron chi connectivity index (χ4n) is 1.43. The van der Waals surface area contributed by atoms with Crippen LogP contribution < -0.4 is 5.32 Å². The molecular formula is C8H11N3. The van der Waals surface area contributed by atoms with Gasteiger partial charge < -0.3 is 5.32 Å². The summed E-state index contributed by atoms with van der Waals surface area (Å²) in [5.41, 5.74) is 2.55. The fourth-order valence-corrected chi connectivity index (χ4v) is 1.43. The van der Waals surface area contributed by atoms with E-state index < -0.39 is 0 Å². The first-order valence-corrected chi connectivity index (χ1v) is 3.92. The van der Waals surface area contributed by atoms with Crippen LogP contribution in [0.2, 0.25) is 0 Å². The molecule has 1 aromatic heterocycles. The second kappa shape index (κ2) is 2.49. The molecule has 0 aliphatic heterocycles. The van der Waals surface area contributed by atoms with Crippen molar-refractivity contribution in [1.82, 2.24) is 9.97 Å². The van der Waals surface area contributed by atoms with Gasteiger partial charge in [0.1, 0.15) is 0 Å². The van der Waals surface area contributed by atoms with Crippen molar-refractivity contribution in [2.45, 2.75) is 19.3 Å². The summed E-state index contributed by atoms with van der Waals surface area (Å²) in [5.74, 6) is 0.741. The maximum atomic E-state index is 4.35. The van der Waals surface area contributed by atoms with Crippen molar-refractivity contribution in [3.63, 3.8) is 0 Å². The highest BCUT2D eigenvalue weighted by Crippen LogP contribution is 2.19. The molecule has 0 spiro atoms. The van der Waals surface area contributed by atoms with Gasteiger partial charge in [-0.1, -0.05) is 0 Å². The summed E-state index contributed by atoms with van der Waals surface area (Å²) in [5, 5.41) is 2.93. The quantitative estimate of drug-likeness (QED) is 0.647. The Bertz CT molecular complexity index is 270. The lowest BCUT2D eigenvalue weighted by Crippen LogP contribution is -1.99. The van der Waals surface area contributed by atoms with Gasteiger partial charge in [-0.25, -0.2) is 9.97 Å². The van der Waals surface area contributed by atoms with E-state index in [1.54, 1.807) is 0 Å². The van der Waals surface area contributed by atoms with Gasteiger partial charge in [0, 0.05) is 18.9 Å². The molecule has 0 saturated carbocycles. The Hall–Kier alpha value is -1.12. The molecule has 0 bridgehead atoms. The summed E-state index contributed by atoms with van der Waals surface area (Å²) >= 11 is 0. The lowest BCUT2D eigenvalue weighted by molar-refractivity contribution is 0.899. The lowest BCUT2D eigenvalue weighted by Gasteiger charge is -2.00. The minimum Gasteiger partial charge on any atom is -0.357 e. The fraction of sp³-hybridized carbons (Fsp3) is 0.500. The number of anilines is 1. The zero-order valence-corrected chi connectivity index (χ0v) is 6.59. The molecule has 0 radical (unpaired) electrons. The van der Waals surface area contributed by atoms with Crippen molar-refractivity contribution >= 4 is 5.95 Å². The van der Waals surface area contributed by atoms with Crippen LogP contribution in [-0.4, -0.2) is 17.0 Å². The summed E-state index contributed by atoms with van der Waals surface area (Å²) in [4.78, 5) is 8.50. The van der Waals surface area contributed by atoms with E-state index in [2.05, 4.69) is 15.3 Å². The van der Waals surface area contributed by atoms with Crippen LogP contribution in [0.15, 0.2) is 6.20 Å². The minimum absolute atomic E-state index is 0.741. The van der Waals surface area contributed by atoms with E-state index in [-0.39, 0.29) is 0 Å². The number of aromatic nitrogens is 2. The zero-order valence-electron chi connectivity index (χ0n) is 6.59. The Labute approximate surface area is 65.9 Å². The molecule has 0 amide bonds. The topological polar surface area (TPSA) is 37.8 Å². The highest BCUT2D eigenvalue weighted by atomic mass is 15.1. The van der Waals surface area contributed by atoms with E-state index in [4.69, 9.17) is 0 Å². The molecule has 3 heteroatoms. The van der Waals surface area contributed by atoms with Crippen molar-refractivity contribution in [3.8, 4) is 0 Å². The van der Waals surface area contributed by atoms with Crippen molar-refractivity contribution in [1.29, 1.82) is 0 Å². The number of aryl methyl sites for hydroxylation is 2. The van der Waals surface area contributed by atoms with Gasteiger partial charge in [0.2, 0.25) is 5.95 Å². The molecule has 0 unspecified atom stereocenters. The Kier molecular flexibility index (Phi) is 1.49. The normalized spacial score (nSPS) is 14.6. The SMILES string of the molecule is CNc1ncc2c(n1)CCC2. The van der Waals surface area contributed by atoms with Crippen LogP contribution in [0.25, 0.3) is 0 Å². The molecule has 11 heavy (non-hydrogen) atoms. The highest BCUT2D eigenvalue weighted by molar-refractivity contribution is 5.31. The Morgan fingerprint density at radius 2 is 2.36 bits per heavy atom. The highest BCUT2D eigenvalue weighted by Gasteiger charge is 2.12. The van der Waals surface area contributed by atoms with Crippen LogP contribution in [0, 0.1) is 0 Å². The molecule has 3 nitrogen and oxygen atoms in total. The molecular weight excluding hydrogens is 138 g/mol. The van der Waals surface area contributed by atoms with E-state index in [9.17, 15) is 0 Å². The molecule has 58 valence electrons. The van der Waals surface area contributed by atoms with E-state index in [1.807, 2.05) is 13.2 Å². The number of rotatable bonds is 1. The molecule has 1 heterocycles. The molecule has 1 aliphatic rings. The van der Waals surface area contributed by atoms with E-state index in [1.165, 1.54) is 17.7 Å². The molecule has 0 atom stereocenters. The third-order valence-corrected chi connectivity index (χ3v) is 2.04. The monoisotopic (exact) mass is 149 g/mol. The lowest BCUT2D eigenvalue weighted by atomic mass is 10.3. The van der Waals surface area contributed by atoms with Crippen LogP contribution in [0.1, 0.15) is 17.7 Å². The predicted octanol–water partition coefficient (Wildman–Crippen LogP) is 1.01. The van der Waals surface area contributed by atoms with Crippen molar-refractivity contribution in [2.75, 3.05) is 12.4 Å². The maximum absolute atomic E-state index is 4.35. The predicted molar refractivity (Wildman–Crippen MR) is 43.6 cm³/mol. The van der Waals surface area contributed by atoms with Crippen LogP contribution in [0.3, 0.4) is 0 Å². The summed E-state index contributed by atoms with van der Waals surface area (Å²) in [6, 6.07) is 0. The number of fused-ring (bicyclic) bond motifs is 1. The van der Waals surface area contributed by atoms with Gasteiger partial charge in [0.05, 0.1) is 0 Å². The number of nitrogens with one attached hydrogen (secondary N) is 1. The molecule has 1 aromatic rings. The number of hydrogen-bond donors (Lipinski definition) is 1. The average molecular weight is 149 g/mol. The molecule has 0 saturated heterocycles. The van der Waals surface area contributed by atoms with E-state index >= 15 is 0 Å². The smallest absolute Gasteiger partial charge is 0.222 e. The molecule has 1 N–H and O–H groups in total. The molecule has 0 fully saturated rings. The molecule has 2 rings (SSSR count). The third-order valence-electron chi connectivity index (χ3n) is 2.04. The summed E-state index contributed by atoms with van der Waals surface area (Å²) in [7, 11) is 1.84. The van der Waals surface area contributed by atoms with Crippen LogP contribution in [0.5, 0.6) is 0 Å². The largest absolute Gasteiger partial charge is 0.357 e. The standard InChI is InChI=1S/C8H11N3/c1-9-8-10-5-6-3-2-4-7(6)11-8/h5H,2-4H2,1H3,(H,9,10,11). The Balaban J connectivity index is 2.41. The van der Waals surface area contributed by atoms with Gasteiger partial charge in [-0.3, -0.25) is 0 Å². The molecule has 0 aromatic carbocycles.